The van der Waals surface area contributed by atoms with Gasteiger partial charge in [-0.05, 0) is 0 Å². The maximum Gasteiger partial charge on any atom is 0.509 e. The molecule has 80 valence electrons. The summed E-state index contributed by atoms with van der Waals surface area (Å²) in [5.41, 5.74) is 0. The summed E-state index contributed by atoms with van der Waals surface area (Å²) in [7, 11) is 0. The van der Waals surface area contributed by atoms with E-state index in [0.717, 1.165) is 0 Å². The van der Waals surface area contributed by atoms with E-state index in [0.29, 0.717) is 0 Å². The first-order chi connectivity index (χ1) is 6.41. The molecule has 0 unspecified atom stereocenters. The van der Waals surface area contributed by atoms with E-state index in [1.807, 2.05) is 0 Å². The monoisotopic (exact) mass is 210 g/mol. The highest BCUT2D eigenvalue weighted by Crippen LogP contribution is 1.98. The second kappa shape index (κ2) is 5.45. The topological polar surface area (TPSA) is 140 Å². The van der Waals surface area contributed by atoms with Crippen molar-refractivity contribution in [1.29, 1.82) is 0 Å². The van der Waals surface area contributed by atoms with Gasteiger partial charge in [-0.3, -0.25) is 0 Å². The van der Waals surface area contributed by atoms with Crippen molar-refractivity contribution in [2.75, 3.05) is 6.61 Å². The molecule has 0 aromatic carbocycles. The molecule has 0 amide bonds. The minimum atomic E-state index is -1.83. The van der Waals surface area contributed by atoms with E-state index in [4.69, 9.17) is 15.3 Å². The molecule has 0 heterocycles. The zero-order chi connectivity index (χ0) is 11.1. The van der Waals surface area contributed by atoms with Crippen LogP contribution >= 0.6 is 0 Å². The Morgan fingerprint density at radius 2 is 1.36 bits per heavy atom. The Hall–Kier alpha value is -2.19. The number of carboxylic acid groups (broad SMARTS) is 3. The molecule has 0 aliphatic carbocycles. The Balaban J connectivity index is 4.03. The van der Waals surface area contributed by atoms with Gasteiger partial charge in [0.2, 0.25) is 0 Å². The zero-order valence-electron chi connectivity index (χ0n) is 6.58. The highest BCUT2D eigenvalue weighted by atomic mass is 16.8. The molecule has 0 atom stereocenters. The Labute approximate surface area is 76.4 Å². The van der Waals surface area contributed by atoms with Crippen LogP contribution in [0.25, 0.3) is 0 Å². The Morgan fingerprint density at radius 1 is 0.929 bits per heavy atom. The minimum Gasteiger partial charge on any atom is -0.450 e. The summed E-state index contributed by atoms with van der Waals surface area (Å²) in [5, 5.41) is 24.1. The van der Waals surface area contributed by atoms with Crippen molar-refractivity contribution in [2.45, 2.75) is 6.29 Å². The average Bonchev–Trinajstić information content (AvgIpc) is 1.97. The van der Waals surface area contributed by atoms with E-state index in [1.54, 1.807) is 0 Å². The largest absolute Gasteiger partial charge is 0.509 e. The van der Waals surface area contributed by atoms with E-state index in [1.165, 1.54) is 0 Å². The number of hydrogen-bond donors (Lipinski definition) is 3. The maximum atomic E-state index is 9.94. The van der Waals surface area contributed by atoms with Crippen molar-refractivity contribution in [1.82, 2.24) is 0 Å². The predicted octanol–water partition coefficient (Wildman–Crippen LogP) is 0.396. The molecule has 9 heteroatoms. The third-order valence-electron chi connectivity index (χ3n) is 0.807. The lowest BCUT2D eigenvalue weighted by molar-refractivity contribution is -0.118. The lowest BCUT2D eigenvalue weighted by Crippen LogP contribution is -2.28. The van der Waals surface area contributed by atoms with E-state index < -0.39 is 31.4 Å². The third-order valence-corrected chi connectivity index (χ3v) is 0.807. The Morgan fingerprint density at radius 3 is 1.64 bits per heavy atom. The van der Waals surface area contributed by atoms with Crippen LogP contribution in [0.1, 0.15) is 0 Å². The number of carbonyl (C=O) groups is 3. The van der Waals surface area contributed by atoms with E-state index in [9.17, 15) is 14.4 Å². The summed E-state index contributed by atoms with van der Waals surface area (Å²) in [6.45, 7) is -0.867. The fourth-order valence-corrected chi connectivity index (χ4v) is 0.456. The third kappa shape index (κ3) is 6.52. The average molecular weight is 210 g/mol. The first-order valence-electron chi connectivity index (χ1n) is 3.06. The summed E-state index contributed by atoms with van der Waals surface area (Å²) in [6, 6.07) is 0. The molecule has 14 heavy (non-hydrogen) atoms. The van der Waals surface area contributed by atoms with Crippen molar-refractivity contribution in [3.05, 3.63) is 0 Å². The summed E-state index contributed by atoms with van der Waals surface area (Å²) in [4.78, 5) is 29.7. The number of rotatable bonds is 4. The lowest BCUT2D eigenvalue weighted by Gasteiger charge is -2.12. The van der Waals surface area contributed by atoms with Crippen LogP contribution in [-0.4, -0.2) is 46.7 Å². The summed E-state index contributed by atoms with van der Waals surface area (Å²) in [6.07, 6.45) is -7.17. The molecule has 0 aliphatic rings. The molecule has 0 aromatic heterocycles. The van der Waals surface area contributed by atoms with Gasteiger partial charge in [-0.25, -0.2) is 14.4 Å². The molecule has 0 saturated heterocycles. The van der Waals surface area contributed by atoms with Crippen LogP contribution in [0.3, 0.4) is 0 Å². The van der Waals surface area contributed by atoms with E-state index in [-0.39, 0.29) is 0 Å². The van der Waals surface area contributed by atoms with Crippen LogP contribution < -0.4 is 0 Å². The lowest BCUT2D eigenvalue weighted by atomic mass is 10.7. The molecule has 0 rings (SSSR count). The van der Waals surface area contributed by atoms with Crippen molar-refractivity contribution < 1.29 is 43.9 Å². The molecule has 9 nitrogen and oxygen atoms in total. The molecule has 0 fully saturated rings. The van der Waals surface area contributed by atoms with E-state index in [2.05, 4.69) is 14.2 Å². The first kappa shape index (κ1) is 11.8. The Kier molecular flexibility index (Phi) is 4.60. The molecule has 0 spiro atoms. The summed E-state index contributed by atoms with van der Waals surface area (Å²) < 4.78 is 11.5. The fraction of sp³-hybridized carbons (Fsp3) is 0.400. The number of ether oxygens (including phenoxy) is 3. The molecule has 0 aliphatic heterocycles. The Bertz CT molecular complexity index is 217. The summed E-state index contributed by atoms with van der Waals surface area (Å²) in [5.74, 6) is 0. The fourth-order valence-electron chi connectivity index (χ4n) is 0.456. The van der Waals surface area contributed by atoms with Crippen LogP contribution in [-0.2, 0) is 14.2 Å². The van der Waals surface area contributed by atoms with Crippen molar-refractivity contribution in [2.24, 2.45) is 0 Å². The number of hydrogen-bond acceptors (Lipinski definition) is 6. The normalized spacial score (nSPS) is 9.21. The highest BCUT2D eigenvalue weighted by Gasteiger charge is 2.20. The van der Waals surface area contributed by atoms with Gasteiger partial charge in [0.25, 0.3) is 6.29 Å². The first-order valence-corrected chi connectivity index (χ1v) is 3.06. The zero-order valence-corrected chi connectivity index (χ0v) is 6.58. The van der Waals surface area contributed by atoms with E-state index >= 15 is 0 Å². The molecule has 0 aromatic rings. The standard InChI is InChI=1S/C5H6O9/c6-3(7)12-1-2(13-4(8)9)14-5(10)11/h2H,1H2,(H,6,7)(H,8,9)(H,10,11). The van der Waals surface area contributed by atoms with Gasteiger partial charge in [-0.2, -0.15) is 0 Å². The van der Waals surface area contributed by atoms with Gasteiger partial charge in [-0.15, -0.1) is 0 Å². The van der Waals surface area contributed by atoms with Crippen LogP contribution in [0.5, 0.6) is 0 Å². The van der Waals surface area contributed by atoms with Crippen LogP contribution in [0.15, 0.2) is 0 Å². The van der Waals surface area contributed by atoms with Crippen molar-refractivity contribution in [3.8, 4) is 0 Å². The second-order valence-electron chi connectivity index (χ2n) is 1.77. The molecule has 0 bridgehead atoms. The van der Waals surface area contributed by atoms with Crippen LogP contribution in [0.2, 0.25) is 0 Å². The van der Waals surface area contributed by atoms with Crippen LogP contribution in [0.4, 0.5) is 14.4 Å². The van der Waals surface area contributed by atoms with Gasteiger partial charge in [0.05, 0.1) is 0 Å². The van der Waals surface area contributed by atoms with Gasteiger partial charge in [0.1, 0.15) is 0 Å². The van der Waals surface area contributed by atoms with Crippen molar-refractivity contribution >= 4 is 18.5 Å². The SMILES string of the molecule is O=C(O)OCC(OC(=O)O)OC(=O)O. The van der Waals surface area contributed by atoms with Gasteiger partial charge in [-0.1, -0.05) is 0 Å². The van der Waals surface area contributed by atoms with Crippen molar-refractivity contribution in [3.63, 3.8) is 0 Å². The smallest absolute Gasteiger partial charge is 0.450 e. The van der Waals surface area contributed by atoms with Gasteiger partial charge in [0.15, 0.2) is 6.61 Å². The molecular weight excluding hydrogens is 204 g/mol. The van der Waals surface area contributed by atoms with Gasteiger partial charge < -0.3 is 29.5 Å². The second-order valence-corrected chi connectivity index (χ2v) is 1.77. The summed E-state index contributed by atoms with van der Waals surface area (Å²) >= 11 is 0. The minimum absolute atomic E-state index is 0.867. The molecule has 0 radical (unpaired) electrons. The molecule has 3 N–H and O–H groups in total. The molecular formula is C5H6O9. The highest BCUT2D eigenvalue weighted by molar-refractivity contribution is 5.59. The van der Waals surface area contributed by atoms with Crippen LogP contribution in [0, 0.1) is 0 Å². The van der Waals surface area contributed by atoms with Gasteiger partial charge >= 0.3 is 18.5 Å². The maximum absolute atomic E-state index is 9.94. The molecule has 0 saturated carbocycles. The predicted molar refractivity (Wildman–Crippen MR) is 36.0 cm³/mol. The quantitative estimate of drug-likeness (QED) is 0.443. The van der Waals surface area contributed by atoms with Gasteiger partial charge in [0, 0.05) is 0 Å².